The maximum Gasteiger partial charge on any atom is 0.228 e. The molecule has 0 amide bonds. The molecule has 7 nitrogen and oxygen atoms in total. The molecule has 2 aromatic carbocycles. The van der Waals surface area contributed by atoms with E-state index in [0.29, 0.717) is 51.1 Å². The van der Waals surface area contributed by atoms with Crippen molar-refractivity contribution in [2.24, 2.45) is 11.1 Å². The van der Waals surface area contributed by atoms with Gasteiger partial charge >= 0.3 is 0 Å². The molecule has 1 fully saturated rings. The van der Waals surface area contributed by atoms with Crippen molar-refractivity contribution in [2.45, 2.75) is 16.6 Å². The van der Waals surface area contributed by atoms with Crippen LogP contribution >= 0.6 is 0 Å². The third kappa shape index (κ3) is 4.54. The molecule has 34 heavy (non-hydrogen) atoms. The number of benzene rings is 2. The second-order valence-electron chi connectivity index (χ2n) is 10.5. The highest BCUT2D eigenvalue weighted by Gasteiger charge is 2.37. The summed E-state index contributed by atoms with van der Waals surface area (Å²) >= 11 is -1.02. The number of hydrogen-bond donors (Lipinski definition) is 2. The molecule has 3 N–H and O–H groups in total. The van der Waals surface area contributed by atoms with Gasteiger partial charge in [-0.25, -0.2) is 4.98 Å². The van der Waals surface area contributed by atoms with Gasteiger partial charge in [0.1, 0.15) is 11.6 Å². The molecule has 1 aromatic heterocycles. The Morgan fingerprint density at radius 1 is 1.18 bits per heavy atom. The largest absolute Gasteiger partial charge is 0.611 e. The minimum atomic E-state index is -1.02. The number of hydrogen-bond acceptors (Lipinski definition) is 7. The zero-order valence-corrected chi connectivity index (χ0v) is 21.0. The van der Waals surface area contributed by atoms with E-state index in [4.69, 9.17) is 20.4 Å². The van der Waals surface area contributed by atoms with Crippen LogP contribution in [-0.4, -0.2) is 76.7 Å². The molecule has 2 aliphatic heterocycles. The molecule has 3 heterocycles. The molecule has 1 unspecified atom stereocenters. The van der Waals surface area contributed by atoms with Gasteiger partial charge in [0.15, 0.2) is 4.90 Å². The molecular formula is C23H30B3N5O2S. The number of rotatable bonds is 6. The summed E-state index contributed by atoms with van der Waals surface area (Å²) in [7, 11) is 6.63. The van der Waals surface area contributed by atoms with Crippen LogP contribution in [0.1, 0.15) is 11.1 Å². The summed E-state index contributed by atoms with van der Waals surface area (Å²) in [5.74, 6) is 2.01. The van der Waals surface area contributed by atoms with Crippen LogP contribution in [0.2, 0.25) is 0 Å². The van der Waals surface area contributed by atoms with Gasteiger partial charge < -0.3 is 25.2 Å². The number of aromatic nitrogens is 2. The number of fused-ring (bicyclic) bond motifs is 2. The summed E-state index contributed by atoms with van der Waals surface area (Å²) in [6, 6.07) is 14.4. The number of nitrogens with one attached hydrogen (secondary N) is 1. The number of ether oxygens (including phenoxy) is 1. The fraction of sp³-hybridized carbons (Fsp3) is 0.391. The van der Waals surface area contributed by atoms with Gasteiger partial charge in [-0.3, -0.25) is 0 Å². The number of nitrogens with two attached hydrogens (primary N) is 1. The summed E-state index contributed by atoms with van der Waals surface area (Å²) in [4.78, 5) is 13.0. The number of anilines is 2. The minimum Gasteiger partial charge on any atom is -0.611 e. The van der Waals surface area contributed by atoms with Gasteiger partial charge in [-0.2, -0.15) is 4.98 Å². The van der Waals surface area contributed by atoms with Crippen molar-refractivity contribution in [3.05, 3.63) is 53.6 Å². The van der Waals surface area contributed by atoms with Crippen LogP contribution in [0.4, 0.5) is 11.8 Å². The SMILES string of the molecule is BC(B)(B)c1ccc2nc(N3CC[S+]([O-])c4ccccc4C3)nc(NCC3(CN)COC3)c2c1. The first-order valence-electron chi connectivity index (χ1n) is 11.8. The van der Waals surface area contributed by atoms with Gasteiger partial charge in [-0.15, -0.1) is 0 Å². The van der Waals surface area contributed by atoms with Gasteiger partial charge in [0, 0.05) is 29.5 Å². The molecule has 3 aromatic rings. The lowest BCUT2D eigenvalue weighted by Crippen LogP contribution is -2.52. The summed E-state index contributed by atoms with van der Waals surface area (Å²) < 4.78 is 18.2. The molecule has 1 saturated heterocycles. The predicted octanol–water partition coefficient (Wildman–Crippen LogP) is -0.846. The Hall–Kier alpha value is -2.20. The van der Waals surface area contributed by atoms with Gasteiger partial charge in [0.05, 0.1) is 55.4 Å². The van der Waals surface area contributed by atoms with E-state index in [-0.39, 0.29) is 10.5 Å². The summed E-state index contributed by atoms with van der Waals surface area (Å²) in [5, 5.41) is 4.60. The third-order valence-corrected chi connectivity index (χ3v) is 8.28. The molecule has 174 valence electrons. The molecule has 5 rings (SSSR count). The monoisotopic (exact) mass is 473 g/mol. The fourth-order valence-electron chi connectivity index (χ4n) is 4.43. The van der Waals surface area contributed by atoms with E-state index < -0.39 is 11.2 Å². The molecule has 1 atom stereocenters. The second-order valence-corrected chi connectivity index (χ2v) is 12.0. The maximum atomic E-state index is 12.8. The van der Waals surface area contributed by atoms with Crippen LogP contribution in [0, 0.1) is 5.41 Å². The van der Waals surface area contributed by atoms with Gasteiger partial charge in [0.25, 0.3) is 0 Å². The lowest BCUT2D eigenvalue weighted by molar-refractivity contribution is -0.0979. The Morgan fingerprint density at radius 2 is 1.97 bits per heavy atom. The van der Waals surface area contributed by atoms with Crippen molar-refractivity contribution in [3.63, 3.8) is 0 Å². The average molecular weight is 473 g/mol. The highest BCUT2D eigenvalue weighted by atomic mass is 32.2. The Labute approximate surface area is 206 Å². The summed E-state index contributed by atoms with van der Waals surface area (Å²) in [6.07, 6.45) is 0. The van der Waals surface area contributed by atoms with E-state index in [0.717, 1.165) is 27.2 Å². The Balaban J connectivity index is 1.55. The predicted molar refractivity (Wildman–Crippen MR) is 146 cm³/mol. The molecule has 0 radical (unpaired) electrons. The quantitative estimate of drug-likeness (QED) is 0.356. The van der Waals surface area contributed by atoms with Crippen molar-refractivity contribution in [1.82, 2.24) is 9.97 Å². The molecule has 0 saturated carbocycles. The van der Waals surface area contributed by atoms with Crippen molar-refractivity contribution in [3.8, 4) is 0 Å². The average Bonchev–Trinajstić information content (AvgIpc) is 2.96. The highest BCUT2D eigenvalue weighted by Crippen LogP contribution is 2.32. The zero-order valence-electron chi connectivity index (χ0n) is 20.1. The van der Waals surface area contributed by atoms with E-state index in [1.165, 1.54) is 5.56 Å². The van der Waals surface area contributed by atoms with Crippen molar-refractivity contribution in [1.29, 1.82) is 0 Å². The first-order valence-corrected chi connectivity index (χ1v) is 13.2. The lowest BCUT2D eigenvalue weighted by atomic mass is 9.40. The minimum absolute atomic E-state index is 0.0169. The highest BCUT2D eigenvalue weighted by molar-refractivity contribution is 7.91. The molecule has 0 bridgehead atoms. The molecule has 0 spiro atoms. The van der Waals surface area contributed by atoms with Crippen molar-refractivity contribution < 1.29 is 9.29 Å². The standard InChI is InChI=1S/C23H30B3N5O2S/c24-23(25,26)16-5-6-18-17(9-16)20(28-12-22(11-27)13-33-14-22)30-21(29-18)31-7-8-34(32)19-4-2-1-3-15(19)10-31/h1-6,9H,7-8,10-14,24-27H2,(H,28,29,30). The Morgan fingerprint density at radius 3 is 2.68 bits per heavy atom. The molecule has 11 heteroatoms. The summed E-state index contributed by atoms with van der Waals surface area (Å²) in [6.45, 7) is 3.85. The van der Waals surface area contributed by atoms with Gasteiger partial charge in [-0.05, 0) is 29.4 Å². The van der Waals surface area contributed by atoms with E-state index >= 15 is 0 Å². The van der Waals surface area contributed by atoms with Crippen molar-refractivity contribution in [2.75, 3.05) is 48.8 Å². The Bertz CT molecular complexity index is 1200. The second kappa shape index (κ2) is 9.11. The van der Waals surface area contributed by atoms with E-state index in [9.17, 15) is 4.55 Å². The smallest absolute Gasteiger partial charge is 0.228 e. The fourth-order valence-corrected chi connectivity index (χ4v) is 5.69. The lowest BCUT2D eigenvalue weighted by Gasteiger charge is -2.40. The van der Waals surface area contributed by atoms with Crippen molar-refractivity contribution >= 4 is 57.4 Å². The third-order valence-electron chi connectivity index (χ3n) is 6.84. The van der Waals surface area contributed by atoms with Gasteiger partial charge in [-0.1, -0.05) is 34.9 Å². The number of nitrogens with zero attached hydrogens (tertiary/aromatic N) is 3. The topological polar surface area (TPSA) is 99.4 Å². The molecular weight excluding hydrogens is 443 g/mol. The van der Waals surface area contributed by atoms with E-state index in [1.807, 2.05) is 24.3 Å². The first kappa shape index (κ1) is 23.5. The van der Waals surface area contributed by atoms with Gasteiger partial charge in [0.2, 0.25) is 5.95 Å². The summed E-state index contributed by atoms with van der Waals surface area (Å²) in [5.41, 5.74) is 9.19. The van der Waals surface area contributed by atoms with E-state index in [1.54, 1.807) is 0 Å². The van der Waals surface area contributed by atoms with Crippen LogP contribution in [0.5, 0.6) is 0 Å². The Kier molecular flexibility index (Phi) is 6.31. The normalized spacial score (nSPS) is 19.8. The zero-order chi connectivity index (χ0) is 23.9. The van der Waals surface area contributed by atoms with E-state index in [2.05, 4.69) is 52.0 Å². The van der Waals surface area contributed by atoms with Crippen LogP contribution < -0.4 is 16.0 Å². The molecule has 0 aliphatic carbocycles. The maximum absolute atomic E-state index is 12.8. The molecule has 2 aliphatic rings. The van der Waals surface area contributed by atoms with Crippen LogP contribution in [0.25, 0.3) is 10.9 Å². The first-order chi connectivity index (χ1) is 16.3. The van der Waals surface area contributed by atoms with Crippen LogP contribution in [0.15, 0.2) is 47.4 Å². The van der Waals surface area contributed by atoms with Crippen LogP contribution in [-0.2, 0) is 27.6 Å². The van der Waals surface area contributed by atoms with Crippen LogP contribution in [0.3, 0.4) is 0 Å².